The average molecular weight is 322 g/mol. The first-order valence-electron chi connectivity index (χ1n) is 6.25. The molecule has 0 radical (unpaired) electrons. The maximum absolute atomic E-state index is 13.3. The predicted octanol–water partition coefficient (Wildman–Crippen LogP) is 5.38. The summed E-state index contributed by atoms with van der Waals surface area (Å²) < 4.78 is 14.1. The van der Waals surface area contributed by atoms with E-state index in [1.54, 1.807) is 6.07 Å². The van der Waals surface area contributed by atoms with E-state index in [9.17, 15) is 4.39 Å². The van der Waals surface area contributed by atoms with Gasteiger partial charge in [0.25, 0.3) is 0 Å². The van der Waals surface area contributed by atoms with Crippen molar-refractivity contribution in [1.82, 2.24) is 0 Å². The summed E-state index contributed by atoms with van der Waals surface area (Å²) in [6.07, 6.45) is 0. The Labute approximate surface area is 122 Å². The molecule has 0 aromatic heterocycles. The van der Waals surface area contributed by atoms with Crippen LogP contribution in [0.4, 0.5) is 10.1 Å². The van der Waals surface area contributed by atoms with Crippen LogP contribution in [-0.2, 0) is 0 Å². The van der Waals surface area contributed by atoms with Gasteiger partial charge in [-0.15, -0.1) is 0 Å². The van der Waals surface area contributed by atoms with E-state index in [1.165, 1.54) is 28.8 Å². The zero-order valence-corrected chi connectivity index (χ0v) is 12.9. The van der Waals surface area contributed by atoms with E-state index in [4.69, 9.17) is 0 Å². The van der Waals surface area contributed by atoms with Crippen molar-refractivity contribution in [2.75, 3.05) is 5.32 Å². The molecular weight excluding hydrogens is 305 g/mol. The standard InChI is InChI=1S/C16H17BrFN/c1-10-6-11(2)8-13(7-10)12(3)19-16-9-14(18)4-5-15(16)17/h4-9,12,19H,1-3H3. The topological polar surface area (TPSA) is 12.0 Å². The number of hydrogen-bond acceptors (Lipinski definition) is 1. The zero-order valence-electron chi connectivity index (χ0n) is 11.3. The van der Waals surface area contributed by atoms with Crippen molar-refractivity contribution < 1.29 is 4.39 Å². The van der Waals surface area contributed by atoms with Gasteiger partial charge in [-0.3, -0.25) is 0 Å². The second-order valence-electron chi connectivity index (χ2n) is 4.91. The molecule has 19 heavy (non-hydrogen) atoms. The molecule has 0 fully saturated rings. The highest BCUT2D eigenvalue weighted by molar-refractivity contribution is 9.10. The molecule has 2 rings (SSSR count). The monoisotopic (exact) mass is 321 g/mol. The highest BCUT2D eigenvalue weighted by Crippen LogP contribution is 2.28. The van der Waals surface area contributed by atoms with Crippen LogP contribution >= 0.6 is 15.9 Å². The van der Waals surface area contributed by atoms with Crippen molar-refractivity contribution in [3.8, 4) is 0 Å². The Hall–Kier alpha value is -1.35. The van der Waals surface area contributed by atoms with Gasteiger partial charge in [-0.2, -0.15) is 0 Å². The van der Waals surface area contributed by atoms with Crippen LogP contribution in [0, 0.1) is 19.7 Å². The summed E-state index contributed by atoms with van der Waals surface area (Å²) in [7, 11) is 0. The first kappa shape index (κ1) is 14.1. The Morgan fingerprint density at radius 3 is 2.32 bits per heavy atom. The lowest BCUT2D eigenvalue weighted by atomic mass is 10.0. The lowest BCUT2D eigenvalue weighted by Gasteiger charge is -2.18. The van der Waals surface area contributed by atoms with Crippen LogP contribution in [0.5, 0.6) is 0 Å². The van der Waals surface area contributed by atoms with Gasteiger partial charge in [-0.05, 0) is 60.5 Å². The van der Waals surface area contributed by atoms with Gasteiger partial charge in [0.15, 0.2) is 0 Å². The van der Waals surface area contributed by atoms with Crippen LogP contribution < -0.4 is 5.32 Å². The Kier molecular flexibility index (Phi) is 4.25. The van der Waals surface area contributed by atoms with Gasteiger partial charge in [-0.1, -0.05) is 29.3 Å². The predicted molar refractivity (Wildman–Crippen MR) is 82.1 cm³/mol. The van der Waals surface area contributed by atoms with E-state index in [-0.39, 0.29) is 11.9 Å². The number of aryl methyl sites for hydroxylation is 2. The van der Waals surface area contributed by atoms with Gasteiger partial charge in [-0.25, -0.2) is 4.39 Å². The van der Waals surface area contributed by atoms with Crippen molar-refractivity contribution in [3.05, 3.63) is 63.4 Å². The minimum absolute atomic E-state index is 0.122. The molecule has 0 aliphatic carbocycles. The number of hydrogen-bond donors (Lipinski definition) is 1. The van der Waals surface area contributed by atoms with E-state index in [2.05, 4.69) is 60.2 Å². The number of anilines is 1. The Bertz CT molecular complexity index is 575. The molecular formula is C16H17BrFN. The molecule has 100 valence electrons. The second kappa shape index (κ2) is 5.74. The van der Waals surface area contributed by atoms with Gasteiger partial charge in [0.1, 0.15) is 5.82 Å². The van der Waals surface area contributed by atoms with Crippen molar-refractivity contribution in [2.24, 2.45) is 0 Å². The van der Waals surface area contributed by atoms with Gasteiger partial charge >= 0.3 is 0 Å². The Morgan fingerprint density at radius 1 is 1.05 bits per heavy atom. The molecule has 3 heteroatoms. The lowest BCUT2D eigenvalue weighted by Crippen LogP contribution is -2.08. The molecule has 0 spiro atoms. The minimum Gasteiger partial charge on any atom is -0.378 e. The number of rotatable bonds is 3. The zero-order chi connectivity index (χ0) is 14.0. The summed E-state index contributed by atoms with van der Waals surface area (Å²) in [6.45, 7) is 6.24. The normalized spacial score (nSPS) is 12.3. The maximum Gasteiger partial charge on any atom is 0.125 e. The third-order valence-electron chi connectivity index (χ3n) is 3.04. The van der Waals surface area contributed by atoms with Crippen molar-refractivity contribution in [1.29, 1.82) is 0 Å². The van der Waals surface area contributed by atoms with E-state index < -0.39 is 0 Å². The fraction of sp³-hybridized carbons (Fsp3) is 0.250. The Balaban J connectivity index is 2.25. The molecule has 2 aromatic rings. The molecule has 0 heterocycles. The molecule has 0 aliphatic heterocycles. The first-order chi connectivity index (χ1) is 8.95. The lowest BCUT2D eigenvalue weighted by molar-refractivity contribution is 0.627. The summed E-state index contributed by atoms with van der Waals surface area (Å²) in [5, 5.41) is 3.33. The largest absolute Gasteiger partial charge is 0.378 e. The summed E-state index contributed by atoms with van der Waals surface area (Å²) in [4.78, 5) is 0. The van der Waals surface area contributed by atoms with Crippen molar-refractivity contribution in [2.45, 2.75) is 26.8 Å². The van der Waals surface area contributed by atoms with Crippen LogP contribution in [0.1, 0.15) is 29.7 Å². The van der Waals surface area contributed by atoms with Gasteiger partial charge < -0.3 is 5.32 Å². The number of halogens is 2. The third kappa shape index (κ3) is 3.57. The van der Waals surface area contributed by atoms with E-state index in [0.29, 0.717) is 0 Å². The van der Waals surface area contributed by atoms with Crippen LogP contribution in [0.25, 0.3) is 0 Å². The highest BCUT2D eigenvalue weighted by Gasteiger charge is 2.09. The maximum atomic E-state index is 13.3. The second-order valence-corrected chi connectivity index (χ2v) is 5.77. The summed E-state index contributed by atoms with van der Waals surface area (Å²) in [5.74, 6) is -0.238. The molecule has 0 aliphatic rings. The first-order valence-corrected chi connectivity index (χ1v) is 7.05. The van der Waals surface area contributed by atoms with E-state index >= 15 is 0 Å². The van der Waals surface area contributed by atoms with Gasteiger partial charge in [0.05, 0.1) is 5.69 Å². The van der Waals surface area contributed by atoms with Crippen LogP contribution in [0.2, 0.25) is 0 Å². The van der Waals surface area contributed by atoms with Crippen molar-refractivity contribution >= 4 is 21.6 Å². The summed E-state index contributed by atoms with van der Waals surface area (Å²) in [6, 6.07) is 11.2. The molecule has 2 aromatic carbocycles. The van der Waals surface area contributed by atoms with Crippen molar-refractivity contribution in [3.63, 3.8) is 0 Å². The fourth-order valence-electron chi connectivity index (χ4n) is 2.18. The molecule has 1 nitrogen and oxygen atoms in total. The summed E-state index contributed by atoms with van der Waals surface area (Å²) in [5.41, 5.74) is 4.45. The van der Waals surface area contributed by atoms with Crippen LogP contribution in [-0.4, -0.2) is 0 Å². The molecule has 0 amide bonds. The highest BCUT2D eigenvalue weighted by atomic mass is 79.9. The SMILES string of the molecule is Cc1cc(C)cc(C(C)Nc2cc(F)ccc2Br)c1. The van der Waals surface area contributed by atoms with E-state index in [0.717, 1.165) is 10.2 Å². The molecule has 1 unspecified atom stereocenters. The minimum atomic E-state index is -0.238. The Morgan fingerprint density at radius 2 is 1.68 bits per heavy atom. The number of benzene rings is 2. The molecule has 1 atom stereocenters. The van der Waals surface area contributed by atoms with Crippen LogP contribution in [0.15, 0.2) is 40.9 Å². The van der Waals surface area contributed by atoms with E-state index in [1.807, 2.05) is 0 Å². The fourth-order valence-corrected chi connectivity index (χ4v) is 2.55. The summed E-state index contributed by atoms with van der Waals surface area (Å²) >= 11 is 3.43. The van der Waals surface area contributed by atoms with Gasteiger partial charge in [0, 0.05) is 10.5 Å². The molecule has 0 saturated heterocycles. The van der Waals surface area contributed by atoms with Crippen LogP contribution in [0.3, 0.4) is 0 Å². The molecule has 0 saturated carbocycles. The smallest absolute Gasteiger partial charge is 0.125 e. The van der Waals surface area contributed by atoms with Gasteiger partial charge in [0.2, 0.25) is 0 Å². The average Bonchev–Trinajstić information content (AvgIpc) is 2.32. The number of nitrogens with one attached hydrogen (secondary N) is 1. The quantitative estimate of drug-likeness (QED) is 0.800. The molecule has 0 bridgehead atoms. The third-order valence-corrected chi connectivity index (χ3v) is 3.74. The molecule has 1 N–H and O–H groups in total.